The summed E-state index contributed by atoms with van der Waals surface area (Å²) in [5.74, 6) is -1.34. The van der Waals surface area contributed by atoms with Crippen LogP contribution in [0.2, 0.25) is 0 Å². The maximum absolute atomic E-state index is 13.1. The van der Waals surface area contributed by atoms with E-state index in [0.717, 1.165) is 12.1 Å². The Hall–Kier alpha value is -2.66. The molecule has 1 fully saturated rings. The van der Waals surface area contributed by atoms with Crippen LogP contribution in [0.1, 0.15) is 19.4 Å². The Balaban J connectivity index is 1.74. The minimum atomic E-state index is -4.55. The molecule has 3 rings (SSSR count). The Kier molecular flexibility index (Phi) is 6.04. The number of primary amides is 1. The normalized spacial score (nSPS) is 20.3. The van der Waals surface area contributed by atoms with E-state index in [4.69, 9.17) is 5.73 Å². The fourth-order valence-electron chi connectivity index (χ4n) is 3.74. The van der Waals surface area contributed by atoms with Crippen molar-refractivity contribution in [3.05, 3.63) is 23.8 Å². The first-order valence-corrected chi connectivity index (χ1v) is 9.59. The lowest BCUT2D eigenvalue weighted by Crippen LogP contribution is -2.58. The van der Waals surface area contributed by atoms with Gasteiger partial charge in [-0.1, -0.05) is 0 Å². The number of fused-ring (bicyclic) bond motifs is 1. The fourth-order valence-corrected chi connectivity index (χ4v) is 3.74. The minimum Gasteiger partial charge on any atom is -0.368 e. The third-order valence-corrected chi connectivity index (χ3v) is 5.67. The van der Waals surface area contributed by atoms with Crippen LogP contribution in [0.3, 0.4) is 0 Å². The molecule has 2 aliphatic heterocycles. The number of amides is 3. The fraction of sp³-hybridized carbons (Fsp3) is 0.526. The Bertz CT molecular complexity index is 852. The second kappa shape index (κ2) is 8.23. The van der Waals surface area contributed by atoms with Crippen molar-refractivity contribution in [1.82, 2.24) is 9.80 Å². The quantitative estimate of drug-likeness (QED) is 0.743. The highest BCUT2D eigenvalue weighted by Gasteiger charge is 2.37. The number of anilines is 2. The zero-order valence-corrected chi connectivity index (χ0v) is 16.7. The molecular weight excluding hydrogens is 403 g/mol. The molecule has 0 spiro atoms. The highest BCUT2D eigenvalue weighted by molar-refractivity contribution is 6.11. The van der Waals surface area contributed by atoms with Gasteiger partial charge in [0.1, 0.15) is 6.54 Å². The molecule has 0 aromatic heterocycles. The van der Waals surface area contributed by atoms with Crippen molar-refractivity contribution < 1.29 is 27.6 Å². The molecule has 3 N–H and O–H groups in total. The molecule has 164 valence electrons. The molecule has 0 aliphatic carbocycles. The highest BCUT2D eigenvalue weighted by atomic mass is 19.4. The predicted molar refractivity (Wildman–Crippen MR) is 104 cm³/mol. The second-order valence-electron chi connectivity index (χ2n) is 7.53. The smallest absolute Gasteiger partial charge is 0.368 e. The molecule has 1 saturated heterocycles. The van der Waals surface area contributed by atoms with Crippen LogP contribution in [0.4, 0.5) is 24.5 Å². The third-order valence-electron chi connectivity index (χ3n) is 5.67. The second-order valence-corrected chi connectivity index (χ2v) is 7.53. The van der Waals surface area contributed by atoms with Crippen LogP contribution >= 0.6 is 0 Å². The SMILES string of the molecule is C[C@H](C(=O)N1CC(=O)Nc2cc(C(F)(F)F)ccc21)N1CCN([C@@H](C)C(N)=O)CC1. The topological polar surface area (TPSA) is 99.0 Å². The number of hydrogen-bond donors (Lipinski definition) is 2. The van der Waals surface area contributed by atoms with E-state index in [1.165, 1.54) is 11.0 Å². The van der Waals surface area contributed by atoms with E-state index < -0.39 is 35.6 Å². The number of piperazine rings is 1. The van der Waals surface area contributed by atoms with E-state index in [2.05, 4.69) is 5.32 Å². The van der Waals surface area contributed by atoms with Crippen LogP contribution in [-0.2, 0) is 20.6 Å². The van der Waals surface area contributed by atoms with Crippen molar-refractivity contribution in [2.75, 3.05) is 42.9 Å². The Morgan fingerprint density at radius 2 is 1.63 bits per heavy atom. The summed E-state index contributed by atoms with van der Waals surface area (Å²) in [6.07, 6.45) is -4.55. The molecular formula is C19H24F3N5O3. The van der Waals surface area contributed by atoms with Crippen molar-refractivity contribution in [3.63, 3.8) is 0 Å². The average Bonchev–Trinajstić information content (AvgIpc) is 2.70. The molecule has 1 aromatic rings. The van der Waals surface area contributed by atoms with Gasteiger partial charge in [0, 0.05) is 26.2 Å². The number of alkyl halides is 3. The lowest BCUT2D eigenvalue weighted by molar-refractivity contribution is -0.137. The van der Waals surface area contributed by atoms with Gasteiger partial charge in [-0.3, -0.25) is 29.1 Å². The van der Waals surface area contributed by atoms with Crippen molar-refractivity contribution in [3.8, 4) is 0 Å². The van der Waals surface area contributed by atoms with Crippen molar-refractivity contribution in [2.24, 2.45) is 5.73 Å². The van der Waals surface area contributed by atoms with Crippen LogP contribution in [-0.4, -0.2) is 72.3 Å². The number of rotatable bonds is 4. The Morgan fingerprint density at radius 3 is 2.17 bits per heavy atom. The average molecular weight is 427 g/mol. The van der Waals surface area contributed by atoms with Crippen LogP contribution in [0.15, 0.2) is 18.2 Å². The summed E-state index contributed by atoms with van der Waals surface area (Å²) in [4.78, 5) is 41.6. The highest BCUT2D eigenvalue weighted by Crippen LogP contribution is 2.37. The number of nitrogens with one attached hydrogen (secondary N) is 1. The van der Waals surface area contributed by atoms with Gasteiger partial charge in [0.25, 0.3) is 0 Å². The third kappa shape index (κ3) is 4.41. The largest absolute Gasteiger partial charge is 0.416 e. The number of nitrogens with two attached hydrogens (primary N) is 1. The zero-order valence-electron chi connectivity index (χ0n) is 16.7. The summed E-state index contributed by atoms with van der Waals surface area (Å²) in [5.41, 5.74) is 4.64. The van der Waals surface area contributed by atoms with E-state index >= 15 is 0 Å². The lowest BCUT2D eigenvalue weighted by atomic mass is 10.1. The molecule has 0 unspecified atom stereocenters. The molecule has 0 radical (unpaired) electrons. The van der Waals surface area contributed by atoms with E-state index in [1.807, 2.05) is 9.80 Å². The minimum absolute atomic E-state index is 0.0401. The van der Waals surface area contributed by atoms with E-state index in [0.29, 0.717) is 26.2 Å². The summed E-state index contributed by atoms with van der Waals surface area (Å²) in [6, 6.07) is 1.94. The van der Waals surface area contributed by atoms with Crippen molar-refractivity contribution in [2.45, 2.75) is 32.1 Å². The van der Waals surface area contributed by atoms with Crippen molar-refractivity contribution in [1.29, 1.82) is 0 Å². The number of hydrogen-bond acceptors (Lipinski definition) is 5. The number of carbonyl (C=O) groups is 3. The molecule has 30 heavy (non-hydrogen) atoms. The predicted octanol–water partition coefficient (Wildman–Crippen LogP) is 0.870. The van der Waals surface area contributed by atoms with Crippen molar-refractivity contribution >= 4 is 29.1 Å². The maximum atomic E-state index is 13.1. The summed E-state index contributed by atoms with van der Waals surface area (Å²) in [6.45, 7) is 5.30. The molecule has 1 aromatic carbocycles. The van der Waals surface area contributed by atoms with Gasteiger partial charge >= 0.3 is 6.18 Å². The van der Waals surface area contributed by atoms with Gasteiger partial charge in [0.15, 0.2) is 0 Å². The van der Waals surface area contributed by atoms with Crippen LogP contribution < -0.4 is 16.0 Å². The molecule has 3 amide bonds. The molecule has 0 saturated carbocycles. The van der Waals surface area contributed by atoms with Crippen LogP contribution in [0, 0.1) is 0 Å². The van der Waals surface area contributed by atoms with Gasteiger partial charge in [0.2, 0.25) is 17.7 Å². The summed E-state index contributed by atoms with van der Waals surface area (Å²) >= 11 is 0. The van der Waals surface area contributed by atoms with Gasteiger partial charge in [-0.15, -0.1) is 0 Å². The Labute approximate surface area is 171 Å². The van der Waals surface area contributed by atoms with Crippen LogP contribution in [0.5, 0.6) is 0 Å². The number of carbonyl (C=O) groups excluding carboxylic acids is 3. The van der Waals surface area contributed by atoms with Gasteiger partial charge in [-0.25, -0.2) is 0 Å². The standard InChI is InChI=1S/C19H24F3N5O3/c1-11(17(23)29)25-5-7-26(8-6-25)12(2)18(30)27-10-16(28)24-14-9-13(19(20,21)22)3-4-15(14)27/h3-4,9,11-12H,5-8,10H2,1-2H3,(H2,23,29)(H,24,28)/t11-,12+/m0/s1. The van der Waals surface area contributed by atoms with Gasteiger partial charge in [-0.05, 0) is 32.0 Å². The molecule has 2 atom stereocenters. The number of benzene rings is 1. The summed E-state index contributed by atoms with van der Waals surface area (Å²) in [5, 5.41) is 2.41. The van der Waals surface area contributed by atoms with Gasteiger partial charge in [-0.2, -0.15) is 13.2 Å². The first-order valence-electron chi connectivity index (χ1n) is 9.59. The van der Waals surface area contributed by atoms with E-state index in [1.54, 1.807) is 13.8 Å². The lowest BCUT2D eigenvalue weighted by Gasteiger charge is -2.41. The van der Waals surface area contributed by atoms with Gasteiger partial charge in [0.05, 0.1) is 29.0 Å². The summed E-state index contributed by atoms with van der Waals surface area (Å²) < 4.78 is 39.0. The van der Waals surface area contributed by atoms with E-state index in [-0.39, 0.29) is 23.8 Å². The first kappa shape index (κ1) is 22.0. The first-order chi connectivity index (χ1) is 14.0. The summed E-state index contributed by atoms with van der Waals surface area (Å²) in [7, 11) is 0. The van der Waals surface area contributed by atoms with E-state index in [9.17, 15) is 27.6 Å². The van der Waals surface area contributed by atoms with Crippen LogP contribution in [0.25, 0.3) is 0 Å². The molecule has 8 nitrogen and oxygen atoms in total. The monoisotopic (exact) mass is 427 g/mol. The molecule has 0 bridgehead atoms. The Morgan fingerprint density at radius 1 is 1.07 bits per heavy atom. The zero-order chi connectivity index (χ0) is 22.2. The number of nitrogens with zero attached hydrogens (tertiary/aromatic N) is 3. The number of halogens is 3. The maximum Gasteiger partial charge on any atom is 0.416 e. The molecule has 2 aliphatic rings. The molecule has 11 heteroatoms. The van der Waals surface area contributed by atoms with Gasteiger partial charge < -0.3 is 11.1 Å². The molecule has 2 heterocycles.